The molecule has 3 heterocycles. The Balaban J connectivity index is 1.84. The fourth-order valence-electron chi connectivity index (χ4n) is 5.81. The zero-order valence-corrected chi connectivity index (χ0v) is 19.5. The first-order valence-electron chi connectivity index (χ1n) is 11.0. The number of carboxylic acid groups (broad SMARTS) is 1. The number of hydrogen-bond donors (Lipinski definition) is 2. The van der Waals surface area contributed by atoms with Gasteiger partial charge in [0.15, 0.2) is 0 Å². The molecule has 2 bridgehead atoms. The number of nitrogens with zero attached hydrogens (tertiary/aromatic N) is 2. The molecule has 1 aromatic rings. The van der Waals surface area contributed by atoms with E-state index in [2.05, 4.69) is 6.58 Å². The van der Waals surface area contributed by atoms with Crippen molar-refractivity contribution in [1.29, 1.82) is 0 Å². The first-order chi connectivity index (χ1) is 15.2. The first kappa shape index (κ1) is 22.9. The molecule has 2 N–H and O–H groups in total. The van der Waals surface area contributed by atoms with Crippen LogP contribution in [0.5, 0.6) is 0 Å². The summed E-state index contributed by atoms with van der Waals surface area (Å²) in [6, 6.07) is 4.46. The van der Waals surface area contributed by atoms with Crippen LogP contribution in [0.4, 0.5) is 5.69 Å². The van der Waals surface area contributed by atoms with Crippen LogP contribution in [0.1, 0.15) is 30.9 Å². The van der Waals surface area contributed by atoms with Crippen LogP contribution in [0.15, 0.2) is 30.9 Å². The van der Waals surface area contributed by atoms with Gasteiger partial charge in [-0.05, 0) is 50.8 Å². The Morgan fingerprint density at radius 1 is 1.41 bits per heavy atom. The van der Waals surface area contributed by atoms with Crippen molar-refractivity contribution >= 4 is 35.2 Å². The summed E-state index contributed by atoms with van der Waals surface area (Å²) in [5.41, 5.74) is 2.69. The summed E-state index contributed by atoms with van der Waals surface area (Å²) >= 11 is 1.50. The van der Waals surface area contributed by atoms with E-state index >= 15 is 0 Å². The highest BCUT2D eigenvalue weighted by Gasteiger charge is 2.74. The number of aliphatic hydroxyl groups excluding tert-OH is 1. The molecule has 3 aliphatic heterocycles. The fraction of sp³-hybridized carbons (Fsp3) is 0.542. The van der Waals surface area contributed by atoms with Gasteiger partial charge >= 0.3 is 5.97 Å². The quantitative estimate of drug-likeness (QED) is 0.609. The number of rotatable bonds is 7. The lowest BCUT2D eigenvalue weighted by Gasteiger charge is -2.39. The monoisotopic (exact) mass is 458 g/mol. The average Bonchev–Trinajstić information content (AvgIpc) is 3.40. The van der Waals surface area contributed by atoms with Crippen LogP contribution in [0, 0.1) is 25.7 Å². The highest BCUT2D eigenvalue weighted by atomic mass is 32.2. The van der Waals surface area contributed by atoms with Gasteiger partial charge < -0.3 is 20.0 Å². The molecule has 3 fully saturated rings. The van der Waals surface area contributed by atoms with Gasteiger partial charge in [-0.15, -0.1) is 18.3 Å². The Labute approximate surface area is 192 Å². The SMILES string of the molecule is C=CCN(C(=O)C1N([C@H](C)CO)C(=O)[C@@H]2[C@@H](C(=O)O)[C@H]3CCC12S3)c1cc(C)ccc1C. The Kier molecular flexibility index (Phi) is 5.88. The van der Waals surface area contributed by atoms with Crippen LogP contribution in [0.25, 0.3) is 0 Å². The third-order valence-electron chi connectivity index (χ3n) is 7.23. The minimum absolute atomic E-state index is 0.170. The maximum Gasteiger partial charge on any atom is 0.308 e. The zero-order valence-electron chi connectivity index (χ0n) is 18.7. The average molecular weight is 459 g/mol. The largest absolute Gasteiger partial charge is 0.481 e. The molecule has 0 saturated carbocycles. The highest BCUT2D eigenvalue weighted by Crippen LogP contribution is 2.66. The normalized spacial score (nSPS) is 31.5. The maximum atomic E-state index is 14.2. The van der Waals surface area contributed by atoms with Crippen LogP contribution in [-0.4, -0.2) is 68.1 Å². The minimum atomic E-state index is -0.982. The van der Waals surface area contributed by atoms with Gasteiger partial charge in [0.1, 0.15) is 6.04 Å². The molecule has 6 atom stereocenters. The fourth-order valence-corrected chi connectivity index (χ4v) is 8.00. The van der Waals surface area contributed by atoms with Crippen molar-refractivity contribution in [3.8, 4) is 0 Å². The van der Waals surface area contributed by atoms with Crippen molar-refractivity contribution in [1.82, 2.24) is 4.90 Å². The zero-order chi connectivity index (χ0) is 23.4. The Hall–Kier alpha value is -2.32. The molecule has 7 nitrogen and oxygen atoms in total. The Morgan fingerprint density at radius 3 is 2.75 bits per heavy atom. The summed E-state index contributed by atoms with van der Waals surface area (Å²) in [6.45, 7) is 9.39. The third-order valence-corrected chi connectivity index (χ3v) is 9.18. The smallest absolute Gasteiger partial charge is 0.308 e. The number of amides is 2. The molecule has 2 unspecified atom stereocenters. The summed E-state index contributed by atoms with van der Waals surface area (Å²) in [5.74, 6) is -3.11. The van der Waals surface area contributed by atoms with E-state index in [0.29, 0.717) is 12.8 Å². The van der Waals surface area contributed by atoms with Crippen LogP contribution >= 0.6 is 11.8 Å². The highest BCUT2D eigenvalue weighted by molar-refractivity contribution is 8.02. The number of carbonyl (C=O) groups excluding carboxylic acids is 2. The van der Waals surface area contributed by atoms with E-state index in [1.54, 1.807) is 17.9 Å². The molecule has 1 aromatic carbocycles. The van der Waals surface area contributed by atoms with Crippen molar-refractivity contribution in [2.45, 2.75) is 55.7 Å². The standard InChI is InChI=1S/C24H30N2O5S/c1-5-10-25(16-11-13(2)6-7-14(16)3)22(29)20-24-9-8-17(32-24)18(23(30)31)19(24)21(28)26(20)15(4)12-27/h5-7,11,15,17-20,27H,1,8-10,12H2,2-4H3,(H,30,31)/t15-,17-,18+,19+,20?,24?/m1/s1. The molecule has 0 aromatic heterocycles. The summed E-state index contributed by atoms with van der Waals surface area (Å²) in [6.07, 6.45) is 2.94. The van der Waals surface area contributed by atoms with Crippen molar-refractivity contribution in [3.05, 3.63) is 42.0 Å². The molecule has 172 valence electrons. The number of carbonyl (C=O) groups is 3. The minimum Gasteiger partial charge on any atom is -0.481 e. The molecule has 0 radical (unpaired) electrons. The Morgan fingerprint density at radius 2 is 2.12 bits per heavy atom. The van der Waals surface area contributed by atoms with E-state index in [4.69, 9.17) is 0 Å². The lowest BCUT2D eigenvalue weighted by Crippen LogP contribution is -2.57. The number of hydrogen-bond acceptors (Lipinski definition) is 5. The van der Waals surface area contributed by atoms with Gasteiger partial charge in [-0.25, -0.2) is 0 Å². The molecule has 2 amide bonds. The second-order valence-corrected chi connectivity index (χ2v) is 10.8. The van der Waals surface area contributed by atoms with E-state index in [1.165, 1.54) is 16.7 Å². The lowest BCUT2D eigenvalue weighted by atomic mass is 9.71. The van der Waals surface area contributed by atoms with Gasteiger partial charge in [0.25, 0.3) is 5.91 Å². The van der Waals surface area contributed by atoms with E-state index in [9.17, 15) is 24.6 Å². The van der Waals surface area contributed by atoms with E-state index in [1.807, 2.05) is 32.0 Å². The summed E-state index contributed by atoms with van der Waals surface area (Å²) in [7, 11) is 0. The molecular weight excluding hydrogens is 428 g/mol. The molecule has 3 aliphatic rings. The Bertz CT molecular complexity index is 981. The lowest BCUT2D eigenvalue weighted by molar-refractivity contribution is -0.149. The van der Waals surface area contributed by atoms with Crippen LogP contribution in [-0.2, 0) is 14.4 Å². The molecule has 32 heavy (non-hydrogen) atoms. The number of likely N-dealkylation sites (tertiary alicyclic amines) is 1. The second kappa shape index (κ2) is 8.23. The molecule has 4 rings (SSSR count). The number of aliphatic hydroxyl groups is 1. The van der Waals surface area contributed by atoms with Gasteiger partial charge in [0.2, 0.25) is 5.91 Å². The number of aryl methyl sites for hydroxylation is 2. The van der Waals surface area contributed by atoms with Crippen LogP contribution in [0.3, 0.4) is 0 Å². The molecule has 0 aliphatic carbocycles. The van der Waals surface area contributed by atoms with Gasteiger partial charge in [-0.3, -0.25) is 14.4 Å². The summed E-state index contributed by atoms with van der Waals surface area (Å²) in [4.78, 5) is 43.0. The van der Waals surface area contributed by atoms with Crippen LogP contribution < -0.4 is 4.90 Å². The maximum absolute atomic E-state index is 14.2. The summed E-state index contributed by atoms with van der Waals surface area (Å²) < 4.78 is -0.789. The van der Waals surface area contributed by atoms with E-state index < -0.39 is 34.6 Å². The predicted molar refractivity (Wildman–Crippen MR) is 124 cm³/mol. The van der Waals surface area contributed by atoms with E-state index in [0.717, 1.165) is 16.8 Å². The number of thioether (sulfide) groups is 1. The number of carboxylic acids is 1. The van der Waals surface area contributed by atoms with Gasteiger partial charge in [-0.2, -0.15) is 0 Å². The van der Waals surface area contributed by atoms with Crippen molar-refractivity contribution in [2.75, 3.05) is 18.1 Å². The predicted octanol–water partition coefficient (Wildman–Crippen LogP) is 2.38. The van der Waals surface area contributed by atoms with Crippen LogP contribution in [0.2, 0.25) is 0 Å². The van der Waals surface area contributed by atoms with Crippen molar-refractivity contribution in [3.63, 3.8) is 0 Å². The molecule has 8 heteroatoms. The summed E-state index contributed by atoms with van der Waals surface area (Å²) in [5, 5.41) is 19.6. The van der Waals surface area contributed by atoms with Gasteiger partial charge in [0, 0.05) is 17.5 Å². The number of aliphatic carboxylic acids is 1. The second-order valence-electron chi connectivity index (χ2n) is 9.20. The first-order valence-corrected chi connectivity index (χ1v) is 11.9. The van der Waals surface area contributed by atoms with E-state index in [-0.39, 0.29) is 30.2 Å². The molecule has 1 spiro atoms. The number of fused-ring (bicyclic) bond motifs is 1. The number of anilines is 1. The van der Waals surface area contributed by atoms with Crippen molar-refractivity contribution < 1.29 is 24.6 Å². The topological polar surface area (TPSA) is 98.2 Å². The molecule has 3 saturated heterocycles. The van der Waals surface area contributed by atoms with Crippen molar-refractivity contribution in [2.24, 2.45) is 11.8 Å². The number of benzene rings is 1. The molecular formula is C24H30N2O5S. The third kappa shape index (κ3) is 3.18. The van der Waals surface area contributed by atoms with Gasteiger partial charge in [0.05, 0.1) is 29.2 Å². The van der Waals surface area contributed by atoms with Gasteiger partial charge in [-0.1, -0.05) is 18.2 Å².